The molecule has 0 aliphatic carbocycles. The lowest BCUT2D eigenvalue weighted by Crippen LogP contribution is -2.36. The van der Waals surface area contributed by atoms with Crippen molar-refractivity contribution in [2.75, 3.05) is 20.6 Å². The Hall–Kier alpha value is -0.910. The molecule has 0 spiro atoms. The van der Waals surface area contributed by atoms with Crippen molar-refractivity contribution < 1.29 is 4.79 Å². The van der Waals surface area contributed by atoms with Crippen molar-refractivity contribution in [2.24, 2.45) is 5.73 Å². The molecule has 0 saturated heterocycles. The molecule has 0 aliphatic heterocycles. The van der Waals surface area contributed by atoms with E-state index in [-0.39, 0.29) is 18.0 Å². The highest BCUT2D eigenvalue weighted by atomic mass is 32.1. The minimum atomic E-state index is -0.0884. The number of rotatable bonds is 6. The highest BCUT2D eigenvalue weighted by Crippen LogP contribution is 2.22. The minimum Gasteiger partial charge on any atom is -0.354 e. The van der Waals surface area contributed by atoms with Crippen LogP contribution < -0.4 is 11.1 Å². The minimum absolute atomic E-state index is 0.0170. The Balaban J connectivity index is 2.49. The van der Waals surface area contributed by atoms with E-state index >= 15 is 0 Å². The Morgan fingerprint density at radius 2 is 2.29 bits per heavy atom. The molecule has 1 aromatic heterocycles. The zero-order chi connectivity index (χ0) is 12.8. The molecule has 96 valence electrons. The van der Waals surface area contributed by atoms with Gasteiger partial charge in [0, 0.05) is 23.9 Å². The Morgan fingerprint density at radius 3 is 2.76 bits per heavy atom. The number of nitrogens with one attached hydrogen (secondary N) is 1. The Kier molecular flexibility index (Phi) is 5.61. The second kappa shape index (κ2) is 6.74. The molecule has 1 amide bonds. The number of carbonyl (C=O) groups excluding carboxylic acids is 1. The average molecular weight is 255 g/mol. The smallest absolute Gasteiger partial charge is 0.221 e. The zero-order valence-corrected chi connectivity index (χ0v) is 11.5. The third kappa shape index (κ3) is 4.85. The van der Waals surface area contributed by atoms with Crippen molar-refractivity contribution in [3.8, 4) is 0 Å². The fourth-order valence-electron chi connectivity index (χ4n) is 1.59. The summed E-state index contributed by atoms with van der Waals surface area (Å²) < 4.78 is 0. The van der Waals surface area contributed by atoms with E-state index in [9.17, 15) is 4.79 Å². The molecule has 1 aromatic rings. The van der Waals surface area contributed by atoms with E-state index in [0.29, 0.717) is 13.0 Å². The molecular formula is C12H21N3OS. The van der Waals surface area contributed by atoms with E-state index in [2.05, 4.69) is 21.7 Å². The lowest BCUT2D eigenvalue weighted by Gasteiger charge is -2.23. The Bertz CT molecular complexity index is 336. The molecular weight excluding hydrogens is 234 g/mol. The van der Waals surface area contributed by atoms with Crippen molar-refractivity contribution in [1.82, 2.24) is 10.2 Å². The van der Waals surface area contributed by atoms with Crippen LogP contribution in [0.2, 0.25) is 0 Å². The molecule has 4 nitrogen and oxygen atoms in total. The van der Waals surface area contributed by atoms with E-state index < -0.39 is 0 Å². The first kappa shape index (κ1) is 14.2. The highest BCUT2D eigenvalue weighted by Gasteiger charge is 2.16. The average Bonchev–Trinajstić information content (AvgIpc) is 2.69. The Labute approximate surface area is 107 Å². The number of nitrogens with zero attached hydrogens (tertiary/aromatic N) is 1. The van der Waals surface area contributed by atoms with Crippen LogP contribution in [-0.2, 0) is 4.79 Å². The fourth-order valence-corrected chi connectivity index (χ4v) is 2.52. The van der Waals surface area contributed by atoms with Crippen molar-refractivity contribution in [3.05, 3.63) is 22.4 Å². The fraction of sp³-hybridized carbons (Fsp3) is 0.583. The van der Waals surface area contributed by atoms with Gasteiger partial charge in [-0.2, -0.15) is 0 Å². The Morgan fingerprint density at radius 1 is 1.59 bits per heavy atom. The largest absolute Gasteiger partial charge is 0.354 e. The zero-order valence-electron chi connectivity index (χ0n) is 10.6. The molecule has 2 atom stereocenters. The highest BCUT2D eigenvalue weighted by molar-refractivity contribution is 7.10. The van der Waals surface area contributed by atoms with Gasteiger partial charge in [0.2, 0.25) is 5.91 Å². The monoisotopic (exact) mass is 255 g/mol. The van der Waals surface area contributed by atoms with Gasteiger partial charge in [0.1, 0.15) is 0 Å². The molecule has 3 N–H and O–H groups in total. The number of thiophene rings is 1. The molecule has 0 aliphatic rings. The second-order valence-corrected chi connectivity index (χ2v) is 5.46. The quantitative estimate of drug-likeness (QED) is 0.803. The summed E-state index contributed by atoms with van der Waals surface area (Å²) in [6.45, 7) is 2.46. The molecule has 2 unspecified atom stereocenters. The summed E-state index contributed by atoms with van der Waals surface area (Å²) in [5, 5.41) is 4.98. The topological polar surface area (TPSA) is 58.4 Å². The molecule has 0 aromatic carbocycles. The first-order valence-corrected chi connectivity index (χ1v) is 6.60. The van der Waals surface area contributed by atoms with Gasteiger partial charge in [-0.05, 0) is 32.5 Å². The number of hydrogen-bond acceptors (Lipinski definition) is 4. The summed E-state index contributed by atoms with van der Waals surface area (Å²) in [6.07, 6.45) is 0.380. The summed E-state index contributed by atoms with van der Waals surface area (Å²) in [5.74, 6) is 0.0170. The van der Waals surface area contributed by atoms with E-state index in [4.69, 9.17) is 5.73 Å². The standard InChI is InChI=1S/C12H21N3OS/c1-9(13)7-12(16)14-8-10(15(2)3)11-5-4-6-17-11/h4-6,9-10H,7-8,13H2,1-3H3,(H,14,16). The molecule has 1 heterocycles. The maximum atomic E-state index is 11.5. The van der Waals surface area contributed by atoms with Crippen molar-refractivity contribution >= 4 is 17.2 Å². The molecule has 5 heteroatoms. The van der Waals surface area contributed by atoms with E-state index in [1.165, 1.54) is 4.88 Å². The van der Waals surface area contributed by atoms with Gasteiger partial charge in [0.05, 0.1) is 6.04 Å². The van der Waals surface area contributed by atoms with Gasteiger partial charge < -0.3 is 16.0 Å². The number of hydrogen-bond donors (Lipinski definition) is 2. The van der Waals surface area contributed by atoms with Crippen LogP contribution in [0.15, 0.2) is 17.5 Å². The predicted molar refractivity (Wildman–Crippen MR) is 72.0 cm³/mol. The predicted octanol–water partition coefficient (Wildman–Crippen LogP) is 1.20. The maximum Gasteiger partial charge on any atom is 0.221 e. The number of likely N-dealkylation sites (N-methyl/N-ethyl adjacent to an activating group) is 1. The van der Waals surface area contributed by atoms with Gasteiger partial charge in [-0.25, -0.2) is 0 Å². The molecule has 1 rings (SSSR count). The summed E-state index contributed by atoms with van der Waals surface area (Å²) >= 11 is 1.71. The van der Waals surface area contributed by atoms with Crippen molar-refractivity contribution in [1.29, 1.82) is 0 Å². The van der Waals surface area contributed by atoms with Gasteiger partial charge in [0.15, 0.2) is 0 Å². The van der Waals surface area contributed by atoms with Gasteiger partial charge >= 0.3 is 0 Å². The van der Waals surface area contributed by atoms with Crippen LogP contribution in [-0.4, -0.2) is 37.5 Å². The van der Waals surface area contributed by atoms with Gasteiger partial charge in [-0.1, -0.05) is 6.07 Å². The van der Waals surface area contributed by atoms with Crippen LogP contribution in [0.1, 0.15) is 24.3 Å². The van der Waals surface area contributed by atoms with E-state index in [0.717, 1.165) is 0 Å². The van der Waals surface area contributed by atoms with Gasteiger partial charge in [-0.15, -0.1) is 11.3 Å². The van der Waals surface area contributed by atoms with E-state index in [1.54, 1.807) is 11.3 Å². The molecule has 0 fully saturated rings. The van der Waals surface area contributed by atoms with Crippen LogP contribution in [0.4, 0.5) is 0 Å². The number of amides is 1. The number of carbonyl (C=O) groups is 1. The first-order chi connectivity index (χ1) is 8.00. The SMILES string of the molecule is CC(N)CC(=O)NCC(c1cccs1)N(C)C. The van der Waals surface area contributed by atoms with Crippen LogP contribution in [0.3, 0.4) is 0 Å². The van der Waals surface area contributed by atoms with E-state index in [1.807, 2.05) is 27.1 Å². The summed E-state index contributed by atoms with van der Waals surface area (Å²) in [5.41, 5.74) is 5.58. The number of nitrogens with two attached hydrogens (primary N) is 1. The van der Waals surface area contributed by atoms with Crippen LogP contribution in [0, 0.1) is 0 Å². The second-order valence-electron chi connectivity index (χ2n) is 4.48. The third-order valence-corrected chi connectivity index (χ3v) is 3.47. The van der Waals surface area contributed by atoms with Crippen LogP contribution in [0.25, 0.3) is 0 Å². The molecule has 0 radical (unpaired) electrons. The molecule has 17 heavy (non-hydrogen) atoms. The normalized spacial score (nSPS) is 14.6. The van der Waals surface area contributed by atoms with Crippen molar-refractivity contribution in [2.45, 2.75) is 25.4 Å². The molecule has 0 saturated carbocycles. The maximum absolute atomic E-state index is 11.5. The lowest BCUT2D eigenvalue weighted by atomic mass is 10.2. The van der Waals surface area contributed by atoms with Gasteiger partial charge in [0.25, 0.3) is 0 Å². The molecule has 0 bridgehead atoms. The summed E-state index contributed by atoms with van der Waals surface area (Å²) in [7, 11) is 4.03. The van der Waals surface area contributed by atoms with Crippen LogP contribution in [0.5, 0.6) is 0 Å². The van der Waals surface area contributed by atoms with Crippen LogP contribution >= 0.6 is 11.3 Å². The lowest BCUT2D eigenvalue weighted by molar-refractivity contribution is -0.121. The van der Waals surface area contributed by atoms with Gasteiger partial charge in [-0.3, -0.25) is 4.79 Å². The summed E-state index contributed by atoms with van der Waals surface area (Å²) in [4.78, 5) is 14.9. The first-order valence-electron chi connectivity index (χ1n) is 5.72. The summed E-state index contributed by atoms with van der Waals surface area (Å²) in [6, 6.07) is 4.26. The third-order valence-electron chi connectivity index (χ3n) is 2.49. The van der Waals surface area contributed by atoms with Crippen molar-refractivity contribution in [3.63, 3.8) is 0 Å².